The Labute approximate surface area is 173 Å². The molecule has 2 aliphatic rings. The number of likely N-dealkylation sites (tertiary alicyclic amines) is 1. The highest BCUT2D eigenvalue weighted by Crippen LogP contribution is 2.27. The van der Waals surface area contributed by atoms with E-state index in [1.165, 1.54) is 0 Å². The van der Waals surface area contributed by atoms with E-state index in [1.807, 2.05) is 58.0 Å². The molecule has 0 radical (unpaired) electrons. The van der Waals surface area contributed by atoms with Crippen molar-refractivity contribution in [3.05, 3.63) is 64.6 Å². The summed E-state index contributed by atoms with van der Waals surface area (Å²) in [6.45, 7) is 1.91. The van der Waals surface area contributed by atoms with Crippen LogP contribution in [0.5, 0.6) is 0 Å². The molecule has 0 saturated carbocycles. The smallest absolute Gasteiger partial charge is 0.326 e. The second-order valence-electron chi connectivity index (χ2n) is 8.04. The van der Waals surface area contributed by atoms with Crippen molar-refractivity contribution in [2.75, 3.05) is 24.5 Å². The molecule has 7 nitrogen and oxygen atoms in total. The summed E-state index contributed by atoms with van der Waals surface area (Å²) in [5, 5.41) is 0. The van der Waals surface area contributed by atoms with Crippen LogP contribution in [0.4, 0.5) is 5.69 Å². The molecule has 154 valence electrons. The number of carbonyl (C=O) groups is 2. The van der Waals surface area contributed by atoms with Crippen LogP contribution in [0.25, 0.3) is 11.0 Å². The molecule has 0 aliphatic carbocycles. The Bertz CT molecular complexity index is 1170. The van der Waals surface area contributed by atoms with Crippen LogP contribution in [0.3, 0.4) is 0 Å². The number of amides is 2. The normalized spacial score (nSPS) is 17.8. The highest BCUT2D eigenvalue weighted by atomic mass is 16.2. The van der Waals surface area contributed by atoms with E-state index < -0.39 is 0 Å². The van der Waals surface area contributed by atoms with Crippen molar-refractivity contribution in [1.82, 2.24) is 14.5 Å². The first-order chi connectivity index (χ1) is 14.6. The first-order valence-corrected chi connectivity index (χ1v) is 10.5. The van der Waals surface area contributed by atoms with Crippen LogP contribution in [-0.2, 0) is 4.79 Å². The second-order valence-corrected chi connectivity index (χ2v) is 8.04. The number of nitrogens with zero attached hydrogens (tertiary/aromatic N) is 3. The van der Waals surface area contributed by atoms with Crippen molar-refractivity contribution in [3.8, 4) is 0 Å². The molecule has 0 unspecified atom stereocenters. The van der Waals surface area contributed by atoms with Crippen molar-refractivity contribution >= 4 is 28.5 Å². The Balaban J connectivity index is 1.31. The van der Waals surface area contributed by atoms with Crippen LogP contribution >= 0.6 is 0 Å². The third kappa shape index (κ3) is 3.20. The predicted molar refractivity (Wildman–Crippen MR) is 115 cm³/mol. The fraction of sp³-hybridized carbons (Fsp3) is 0.348. The van der Waals surface area contributed by atoms with E-state index in [4.69, 9.17) is 0 Å². The Kier molecular flexibility index (Phi) is 4.65. The monoisotopic (exact) mass is 404 g/mol. The number of carbonyl (C=O) groups excluding carboxylic acids is 2. The van der Waals surface area contributed by atoms with Gasteiger partial charge in [-0.2, -0.15) is 0 Å². The van der Waals surface area contributed by atoms with Crippen LogP contribution < -0.4 is 10.6 Å². The number of benzene rings is 2. The summed E-state index contributed by atoms with van der Waals surface area (Å²) in [5.41, 5.74) is 3.06. The van der Waals surface area contributed by atoms with E-state index in [-0.39, 0.29) is 23.5 Å². The predicted octanol–water partition coefficient (Wildman–Crippen LogP) is 2.93. The molecule has 5 rings (SSSR count). The lowest BCUT2D eigenvalue weighted by Crippen LogP contribution is -2.40. The number of rotatable bonds is 3. The first kappa shape index (κ1) is 18.7. The molecule has 7 heteroatoms. The fourth-order valence-electron chi connectivity index (χ4n) is 4.67. The highest BCUT2D eigenvalue weighted by Gasteiger charge is 2.27. The van der Waals surface area contributed by atoms with Gasteiger partial charge in [0.05, 0.1) is 11.0 Å². The van der Waals surface area contributed by atoms with Crippen molar-refractivity contribution < 1.29 is 9.59 Å². The number of hydrogen-bond acceptors (Lipinski definition) is 3. The Morgan fingerprint density at radius 3 is 2.53 bits per heavy atom. The quantitative estimate of drug-likeness (QED) is 0.729. The van der Waals surface area contributed by atoms with Gasteiger partial charge in [0.15, 0.2) is 0 Å². The van der Waals surface area contributed by atoms with Gasteiger partial charge in [0.2, 0.25) is 5.91 Å². The molecule has 2 fully saturated rings. The van der Waals surface area contributed by atoms with Crippen molar-refractivity contribution in [2.24, 2.45) is 0 Å². The number of imidazole rings is 1. The second kappa shape index (κ2) is 7.48. The number of H-pyrrole nitrogens is 1. The van der Waals surface area contributed by atoms with E-state index in [9.17, 15) is 14.4 Å². The van der Waals surface area contributed by atoms with Crippen LogP contribution in [-0.4, -0.2) is 45.9 Å². The lowest BCUT2D eigenvalue weighted by atomic mass is 10.0. The van der Waals surface area contributed by atoms with Crippen LogP contribution in [0.1, 0.15) is 42.1 Å². The molecule has 0 bridgehead atoms. The Morgan fingerprint density at radius 1 is 0.967 bits per heavy atom. The number of fused-ring (bicyclic) bond motifs is 1. The summed E-state index contributed by atoms with van der Waals surface area (Å²) in [6, 6.07) is 15.1. The molecule has 2 aliphatic heterocycles. The summed E-state index contributed by atoms with van der Waals surface area (Å²) in [7, 11) is 0. The number of hydrogen-bond donors (Lipinski definition) is 1. The SMILES string of the molecule is O=C(c1cccc(N2CCCC2=O)c1)N1CCC(n2c(=O)[nH]c3ccccc32)CC1. The Morgan fingerprint density at radius 2 is 1.77 bits per heavy atom. The van der Waals surface area contributed by atoms with Crippen molar-refractivity contribution in [3.63, 3.8) is 0 Å². The van der Waals surface area contributed by atoms with Gasteiger partial charge in [0.1, 0.15) is 0 Å². The zero-order valence-corrected chi connectivity index (χ0v) is 16.7. The van der Waals surface area contributed by atoms with Gasteiger partial charge in [-0.05, 0) is 49.6 Å². The maximum Gasteiger partial charge on any atom is 0.326 e. The number of aromatic amines is 1. The zero-order valence-electron chi connectivity index (χ0n) is 16.7. The molecule has 1 N–H and O–H groups in total. The van der Waals surface area contributed by atoms with Crippen LogP contribution in [0.2, 0.25) is 0 Å². The van der Waals surface area contributed by atoms with Crippen molar-refractivity contribution in [1.29, 1.82) is 0 Å². The van der Waals surface area contributed by atoms with Gasteiger partial charge >= 0.3 is 5.69 Å². The molecule has 3 aromatic rings. The van der Waals surface area contributed by atoms with E-state index in [0.29, 0.717) is 31.6 Å². The largest absolute Gasteiger partial charge is 0.338 e. The summed E-state index contributed by atoms with van der Waals surface area (Å²) in [4.78, 5) is 44.1. The zero-order chi connectivity index (χ0) is 20.7. The molecule has 1 aromatic heterocycles. The van der Waals surface area contributed by atoms with Gasteiger partial charge in [0.25, 0.3) is 5.91 Å². The van der Waals surface area contributed by atoms with Gasteiger partial charge in [-0.3, -0.25) is 14.2 Å². The third-order valence-electron chi connectivity index (χ3n) is 6.22. The number of piperidine rings is 1. The van der Waals surface area contributed by atoms with Gasteiger partial charge in [-0.25, -0.2) is 4.79 Å². The minimum absolute atomic E-state index is 0.0202. The summed E-state index contributed by atoms with van der Waals surface area (Å²) >= 11 is 0. The van der Waals surface area contributed by atoms with Crippen molar-refractivity contribution in [2.45, 2.75) is 31.7 Å². The van der Waals surface area contributed by atoms with E-state index in [0.717, 1.165) is 36.0 Å². The first-order valence-electron chi connectivity index (χ1n) is 10.5. The molecule has 0 spiro atoms. The average Bonchev–Trinajstić information content (AvgIpc) is 3.35. The van der Waals surface area contributed by atoms with Gasteiger partial charge in [0, 0.05) is 43.3 Å². The maximum atomic E-state index is 13.1. The number of nitrogens with one attached hydrogen (secondary N) is 1. The fourth-order valence-corrected chi connectivity index (χ4v) is 4.67. The summed E-state index contributed by atoms with van der Waals surface area (Å²) in [5.74, 6) is 0.0952. The standard InChI is InChI=1S/C23H24N4O3/c28-21-9-4-12-26(21)18-6-3-5-16(15-18)22(29)25-13-10-17(11-14-25)27-20-8-2-1-7-19(20)24-23(27)30/h1-3,5-8,15,17H,4,9-14H2,(H,24,30). The average molecular weight is 404 g/mol. The van der Waals surface area contributed by atoms with Gasteiger partial charge < -0.3 is 14.8 Å². The van der Waals surface area contributed by atoms with Crippen LogP contribution in [0.15, 0.2) is 53.3 Å². The van der Waals surface area contributed by atoms with E-state index in [2.05, 4.69) is 4.98 Å². The van der Waals surface area contributed by atoms with Gasteiger partial charge in [-0.15, -0.1) is 0 Å². The lowest BCUT2D eigenvalue weighted by Gasteiger charge is -2.32. The molecular weight excluding hydrogens is 380 g/mol. The minimum atomic E-state index is -0.0936. The van der Waals surface area contributed by atoms with E-state index >= 15 is 0 Å². The third-order valence-corrected chi connectivity index (χ3v) is 6.22. The summed E-state index contributed by atoms with van der Waals surface area (Å²) in [6.07, 6.45) is 2.90. The number of para-hydroxylation sites is 2. The molecule has 3 heterocycles. The Hall–Kier alpha value is -3.35. The molecule has 2 saturated heterocycles. The van der Waals surface area contributed by atoms with E-state index in [1.54, 1.807) is 4.90 Å². The molecule has 2 amide bonds. The highest BCUT2D eigenvalue weighted by molar-refractivity contribution is 5.99. The molecule has 2 aromatic carbocycles. The molecule has 0 atom stereocenters. The topological polar surface area (TPSA) is 78.4 Å². The van der Waals surface area contributed by atoms with Gasteiger partial charge in [-0.1, -0.05) is 18.2 Å². The number of anilines is 1. The summed E-state index contributed by atoms with van der Waals surface area (Å²) < 4.78 is 1.83. The molecular formula is C23H24N4O3. The maximum absolute atomic E-state index is 13.1. The number of aromatic nitrogens is 2. The lowest BCUT2D eigenvalue weighted by molar-refractivity contribution is -0.117. The molecule has 30 heavy (non-hydrogen) atoms. The van der Waals surface area contributed by atoms with Crippen LogP contribution in [0, 0.1) is 0 Å². The minimum Gasteiger partial charge on any atom is -0.338 e.